The Bertz CT molecular complexity index is 138. The van der Waals surface area contributed by atoms with Gasteiger partial charge in [-0.05, 0) is 32.2 Å². The summed E-state index contributed by atoms with van der Waals surface area (Å²) >= 11 is 0. The Morgan fingerprint density at radius 1 is 1.09 bits per heavy atom. The van der Waals surface area contributed by atoms with Gasteiger partial charge in [-0.1, -0.05) is 6.42 Å². The minimum Gasteiger partial charge on any atom is -0.392 e. The summed E-state index contributed by atoms with van der Waals surface area (Å²) in [6.07, 6.45) is 6.32. The molecule has 64 valence electrons. The molecule has 0 aromatic carbocycles. The molecule has 0 amide bonds. The van der Waals surface area contributed by atoms with Crippen LogP contribution in [0.2, 0.25) is 0 Å². The second-order valence-electron chi connectivity index (χ2n) is 3.88. The largest absolute Gasteiger partial charge is 0.392 e. The summed E-state index contributed by atoms with van der Waals surface area (Å²) < 4.78 is 0. The minimum absolute atomic E-state index is 0.0376. The standard InChI is InChI=1S/C9H17NO/c11-9-5-4-8-3-1-2-6-10(8)7-9/h8-9,11H,1-7H2. The average molecular weight is 155 g/mol. The van der Waals surface area contributed by atoms with Crippen LogP contribution in [0.1, 0.15) is 32.1 Å². The molecule has 2 fully saturated rings. The van der Waals surface area contributed by atoms with Gasteiger partial charge in [0.1, 0.15) is 0 Å². The van der Waals surface area contributed by atoms with Crippen LogP contribution in [0.3, 0.4) is 0 Å². The topological polar surface area (TPSA) is 23.5 Å². The molecular formula is C9H17NO. The fourth-order valence-corrected chi connectivity index (χ4v) is 2.37. The van der Waals surface area contributed by atoms with E-state index in [0.29, 0.717) is 0 Å². The summed E-state index contributed by atoms with van der Waals surface area (Å²) in [5.41, 5.74) is 0. The van der Waals surface area contributed by atoms with Gasteiger partial charge in [0, 0.05) is 12.6 Å². The lowest BCUT2D eigenvalue weighted by Gasteiger charge is -2.41. The maximum atomic E-state index is 9.41. The van der Waals surface area contributed by atoms with Gasteiger partial charge in [0.2, 0.25) is 0 Å². The molecule has 2 atom stereocenters. The Balaban J connectivity index is 1.93. The summed E-state index contributed by atoms with van der Waals surface area (Å²) in [5, 5.41) is 9.41. The fourth-order valence-electron chi connectivity index (χ4n) is 2.37. The predicted molar refractivity (Wildman–Crippen MR) is 44.5 cm³/mol. The summed E-state index contributed by atoms with van der Waals surface area (Å²) in [5.74, 6) is 0. The van der Waals surface area contributed by atoms with Crippen molar-refractivity contribution in [3.05, 3.63) is 0 Å². The monoisotopic (exact) mass is 155 g/mol. The van der Waals surface area contributed by atoms with Crippen molar-refractivity contribution in [3.8, 4) is 0 Å². The first-order valence-corrected chi connectivity index (χ1v) is 4.78. The zero-order valence-corrected chi connectivity index (χ0v) is 7.00. The molecule has 0 radical (unpaired) electrons. The molecule has 2 unspecified atom stereocenters. The molecule has 2 aliphatic heterocycles. The van der Waals surface area contributed by atoms with Crippen LogP contribution >= 0.6 is 0 Å². The zero-order valence-electron chi connectivity index (χ0n) is 7.00. The third-order valence-electron chi connectivity index (χ3n) is 3.03. The smallest absolute Gasteiger partial charge is 0.0667 e. The molecule has 2 rings (SSSR count). The fraction of sp³-hybridized carbons (Fsp3) is 1.00. The number of nitrogens with zero attached hydrogens (tertiary/aromatic N) is 1. The highest BCUT2D eigenvalue weighted by molar-refractivity contribution is 4.83. The number of aliphatic hydroxyl groups is 1. The molecule has 1 N–H and O–H groups in total. The maximum absolute atomic E-state index is 9.41. The van der Waals surface area contributed by atoms with Gasteiger partial charge in [0.25, 0.3) is 0 Å². The number of rotatable bonds is 0. The van der Waals surface area contributed by atoms with E-state index in [1.54, 1.807) is 0 Å². The van der Waals surface area contributed by atoms with Crippen LogP contribution in [-0.4, -0.2) is 35.2 Å². The molecule has 0 aromatic rings. The lowest BCUT2D eigenvalue weighted by molar-refractivity contribution is 0.0180. The quantitative estimate of drug-likeness (QED) is 0.564. The van der Waals surface area contributed by atoms with Crippen molar-refractivity contribution in [2.24, 2.45) is 0 Å². The molecule has 11 heavy (non-hydrogen) atoms. The van der Waals surface area contributed by atoms with Gasteiger partial charge in [-0.3, -0.25) is 4.90 Å². The maximum Gasteiger partial charge on any atom is 0.0667 e. The minimum atomic E-state index is -0.0376. The van der Waals surface area contributed by atoms with Crippen molar-refractivity contribution in [2.75, 3.05) is 13.1 Å². The number of aliphatic hydroxyl groups excluding tert-OH is 1. The molecule has 0 aliphatic carbocycles. The SMILES string of the molecule is OC1CCC2CCCCN2C1. The van der Waals surface area contributed by atoms with Crippen molar-refractivity contribution in [2.45, 2.75) is 44.2 Å². The van der Waals surface area contributed by atoms with Gasteiger partial charge in [-0.15, -0.1) is 0 Å². The van der Waals surface area contributed by atoms with Crippen molar-refractivity contribution in [1.29, 1.82) is 0 Å². The van der Waals surface area contributed by atoms with Crippen LogP contribution in [0, 0.1) is 0 Å². The van der Waals surface area contributed by atoms with Crippen molar-refractivity contribution < 1.29 is 5.11 Å². The van der Waals surface area contributed by atoms with Crippen molar-refractivity contribution in [3.63, 3.8) is 0 Å². The molecule has 0 bridgehead atoms. The number of hydrogen-bond acceptors (Lipinski definition) is 2. The van der Waals surface area contributed by atoms with Gasteiger partial charge in [-0.2, -0.15) is 0 Å². The van der Waals surface area contributed by atoms with E-state index in [2.05, 4.69) is 4.90 Å². The molecule has 0 saturated carbocycles. The Hall–Kier alpha value is -0.0800. The first-order chi connectivity index (χ1) is 5.36. The van der Waals surface area contributed by atoms with Crippen LogP contribution in [-0.2, 0) is 0 Å². The molecule has 2 aliphatic rings. The van der Waals surface area contributed by atoms with E-state index < -0.39 is 0 Å². The Kier molecular flexibility index (Phi) is 2.14. The van der Waals surface area contributed by atoms with Gasteiger partial charge >= 0.3 is 0 Å². The Labute approximate surface area is 68.2 Å². The number of fused-ring (bicyclic) bond motifs is 1. The third kappa shape index (κ3) is 1.57. The van der Waals surface area contributed by atoms with E-state index in [1.165, 1.54) is 32.2 Å². The Morgan fingerprint density at radius 3 is 2.91 bits per heavy atom. The van der Waals surface area contributed by atoms with Crippen molar-refractivity contribution in [1.82, 2.24) is 4.90 Å². The summed E-state index contributed by atoms with van der Waals surface area (Å²) in [4.78, 5) is 2.47. The lowest BCUT2D eigenvalue weighted by Crippen LogP contribution is -2.47. The number of hydrogen-bond donors (Lipinski definition) is 1. The molecule has 0 spiro atoms. The van der Waals surface area contributed by atoms with Crippen LogP contribution in [0.5, 0.6) is 0 Å². The van der Waals surface area contributed by atoms with Crippen LogP contribution in [0.4, 0.5) is 0 Å². The highest BCUT2D eigenvalue weighted by atomic mass is 16.3. The van der Waals surface area contributed by atoms with E-state index >= 15 is 0 Å². The molecule has 2 saturated heterocycles. The summed E-state index contributed by atoms with van der Waals surface area (Å²) in [6.45, 7) is 2.16. The average Bonchev–Trinajstić information content (AvgIpc) is 2.04. The van der Waals surface area contributed by atoms with Crippen LogP contribution in [0.25, 0.3) is 0 Å². The van der Waals surface area contributed by atoms with Gasteiger partial charge in [-0.25, -0.2) is 0 Å². The second kappa shape index (κ2) is 3.11. The predicted octanol–water partition coefficient (Wildman–Crippen LogP) is 0.996. The first-order valence-electron chi connectivity index (χ1n) is 4.78. The van der Waals surface area contributed by atoms with Crippen molar-refractivity contribution >= 4 is 0 Å². The molecule has 0 aromatic heterocycles. The molecular weight excluding hydrogens is 138 g/mol. The highest BCUT2D eigenvalue weighted by Crippen LogP contribution is 2.25. The first kappa shape index (κ1) is 7.56. The van der Waals surface area contributed by atoms with E-state index in [-0.39, 0.29) is 6.10 Å². The van der Waals surface area contributed by atoms with Gasteiger partial charge < -0.3 is 5.11 Å². The second-order valence-corrected chi connectivity index (χ2v) is 3.88. The summed E-state index contributed by atoms with van der Waals surface area (Å²) in [7, 11) is 0. The molecule has 2 heteroatoms. The summed E-state index contributed by atoms with van der Waals surface area (Å²) in [6, 6.07) is 0.812. The van der Waals surface area contributed by atoms with E-state index in [4.69, 9.17) is 0 Å². The van der Waals surface area contributed by atoms with Crippen LogP contribution < -0.4 is 0 Å². The van der Waals surface area contributed by atoms with E-state index in [9.17, 15) is 5.11 Å². The van der Waals surface area contributed by atoms with Crippen LogP contribution in [0.15, 0.2) is 0 Å². The zero-order chi connectivity index (χ0) is 7.68. The van der Waals surface area contributed by atoms with E-state index in [1.807, 2.05) is 0 Å². The van der Waals surface area contributed by atoms with Gasteiger partial charge in [0.05, 0.1) is 6.10 Å². The molecule has 2 heterocycles. The van der Waals surface area contributed by atoms with Gasteiger partial charge in [0.15, 0.2) is 0 Å². The Morgan fingerprint density at radius 2 is 2.00 bits per heavy atom. The lowest BCUT2D eigenvalue weighted by atomic mass is 9.92. The normalized spacial score (nSPS) is 40.1. The van der Waals surface area contributed by atoms with E-state index in [0.717, 1.165) is 19.0 Å². The third-order valence-corrected chi connectivity index (χ3v) is 3.03. The molecule has 2 nitrogen and oxygen atoms in total. The number of piperidine rings is 2. The highest BCUT2D eigenvalue weighted by Gasteiger charge is 2.28.